The zero-order valence-electron chi connectivity index (χ0n) is 20.9. The number of aromatic nitrogens is 3. The number of hydrogen-bond acceptors (Lipinski definition) is 7. The van der Waals surface area contributed by atoms with E-state index in [1.54, 1.807) is 42.6 Å². The van der Waals surface area contributed by atoms with Crippen molar-refractivity contribution in [3.05, 3.63) is 72.6 Å². The van der Waals surface area contributed by atoms with E-state index in [0.717, 1.165) is 36.3 Å². The lowest BCUT2D eigenvalue weighted by Crippen LogP contribution is -2.40. The maximum Gasteiger partial charge on any atom is 0.251 e. The smallest absolute Gasteiger partial charge is 0.251 e. The van der Waals surface area contributed by atoms with Gasteiger partial charge in [0.1, 0.15) is 5.65 Å². The van der Waals surface area contributed by atoms with Crippen LogP contribution < -0.4 is 10.6 Å². The Balaban J connectivity index is 1.27. The number of anilines is 2. The Morgan fingerprint density at radius 2 is 1.84 bits per heavy atom. The molecule has 2 aromatic carbocycles. The Morgan fingerprint density at radius 1 is 1.08 bits per heavy atom. The average Bonchev–Trinajstić information content (AvgIpc) is 3.54. The van der Waals surface area contributed by atoms with Crippen molar-refractivity contribution < 1.29 is 13.2 Å². The van der Waals surface area contributed by atoms with Crippen molar-refractivity contribution in [1.29, 1.82) is 0 Å². The van der Waals surface area contributed by atoms with E-state index in [4.69, 9.17) is 0 Å². The number of likely N-dealkylation sites (tertiary alicyclic amines) is 1. The molecular weight excluding hydrogens is 488 g/mol. The van der Waals surface area contributed by atoms with E-state index in [0.29, 0.717) is 29.7 Å². The summed E-state index contributed by atoms with van der Waals surface area (Å²) in [7, 11) is -3.26. The van der Waals surface area contributed by atoms with Crippen LogP contribution in [0.25, 0.3) is 16.7 Å². The predicted octanol–water partition coefficient (Wildman–Crippen LogP) is 3.78. The van der Waals surface area contributed by atoms with Gasteiger partial charge in [0.25, 0.3) is 5.91 Å². The maximum absolute atomic E-state index is 12.6. The number of carbonyl (C=O) groups is 1. The van der Waals surface area contributed by atoms with Crippen molar-refractivity contribution in [3.8, 4) is 5.69 Å². The predicted molar refractivity (Wildman–Crippen MR) is 144 cm³/mol. The Hall–Kier alpha value is -3.76. The fourth-order valence-electron chi connectivity index (χ4n) is 4.73. The van der Waals surface area contributed by atoms with E-state index in [2.05, 4.69) is 32.4 Å². The highest BCUT2D eigenvalue weighted by Gasteiger charge is 2.23. The van der Waals surface area contributed by atoms with Crippen LogP contribution in [0, 0.1) is 0 Å². The van der Waals surface area contributed by atoms with Crippen molar-refractivity contribution >= 4 is 38.4 Å². The third kappa shape index (κ3) is 5.50. The van der Waals surface area contributed by atoms with Crippen LogP contribution in [0.4, 0.5) is 11.6 Å². The topological polar surface area (TPSA) is 109 Å². The molecule has 0 radical (unpaired) electrons. The third-order valence-corrected chi connectivity index (χ3v) is 7.91. The van der Waals surface area contributed by atoms with Gasteiger partial charge in [0.05, 0.1) is 4.90 Å². The van der Waals surface area contributed by atoms with Gasteiger partial charge in [-0.25, -0.2) is 13.4 Å². The SMILES string of the molecule is CCN1CCCC1CNC(=O)c1ccc(Nc2ncc3ccn(-c4ccc(S(C)(=O)=O)cc4)c3n2)cc1. The van der Waals surface area contributed by atoms with Gasteiger partial charge in [0.2, 0.25) is 5.95 Å². The third-order valence-electron chi connectivity index (χ3n) is 6.78. The van der Waals surface area contributed by atoms with E-state index >= 15 is 0 Å². The lowest BCUT2D eigenvalue weighted by Gasteiger charge is -2.22. The number of rotatable bonds is 8. The molecular formula is C27H30N6O3S. The summed E-state index contributed by atoms with van der Waals surface area (Å²) < 4.78 is 25.4. The van der Waals surface area contributed by atoms with Crippen LogP contribution in [0.1, 0.15) is 30.1 Å². The van der Waals surface area contributed by atoms with E-state index in [1.165, 1.54) is 12.7 Å². The van der Waals surface area contributed by atoms with Gasteiger partial charge in [-0.1, -0.05) is 6.92 Å². The summed E-state index contributed by atoms with van der Waals surface area (Å²) in [6.07, 6.45) is 7.10. The van der Waals surface area contributed by atoms with Gasteiger partial charge in [-0.2, -0.15) is 4.98 Å². The molecule has 10 heteroatoms. The van der Waals surface area contributed by atoms with Crippen molar-refractivity contribution in [2.24, 2.45) is 0 Å². The molecule has 1 fully saturated rings. The first kappa shape index (κ1) is 24.9. The largest absolute Gasteiger partial charge is 0.350 e. The highest BCUT2D eigenvalue weighted by Crippen LogP contribution is 2.22. The minimum Gasteiger partial charge on any atom is -0.350 e. The van der Waals surface area contributed by atoms with Crippen molar-refractivity contribution in [1.82, 2.24) is 24.8 Å². The molecule has 2 N–H and O–H groups in total. The average molecular weight is 519 g/mol. The number of fused-ring (bicyclic) bond motifs is 1. The second kappa shape index (κ2) is 10.3. The zero-order valence-corrected chi connectivity index (χ0v) is 21.7. The molecule has 1 saturated heterocycles. The Bertz CT molecular complexity index is 1510. The van der Waals surface area contributed by atoms with Gasteiger partial charge >= 0.3 is 0 Å². The first-order valence-corrected chi connectivity index (χ1v) is 14.2. The first-order valence-electron chi connectivity index (χ1n) is 12.4. The van der Waals surface area contributed by atoms with Crippen LogP contribution in [-0.2, 0) is 9.84 Å². The number of nitrogens with one attached hydrogen (secondary N) is 2. The fraction of sp³-hybridized carbons (Fsp3) is 0.296. The van der Waals surface area contributed by atoms with E-state index in [-0.39, 0.29) is 10.8 Å². The molecule has 4 aromatic rings. The van der Waals surface area contributed by atoms with Crippen LogP contribution in [0.2, 0.25) is 0 Å². The molecule has 0 spiro atoms. The highest BCUT2D eigenvalue weighted by molar-refractivity contribution is 7.90. The summed E-state index contributed by atoms with van der Waals surface area (Å²) in [5.74, 6) is 0.338. The standard InChI is InChI=1S/C27H30N6O3S/c1-3-32-15-4-5-23(32)18-28-26(34)19-6-8-21(9-7-19)30-27-29-17-20-14-16-33(25(20)31-27)22-10-12-24(13-11-22)37(2,35)36/h6-14,16-17,23H,3-5,15,18H2,1-2H3,(H,28,34)(H,29,30,31). The van der Waals surface area contributed by atoms with Crippen LogP contribution in [-0.4, -0.2) is 65.7 Å². The molecule has 1 amide bonds. The second-order valence-corrected chi connectivity index (χ2v) is 11.3. The van der Waals surface area contributed by atoms with Gasteiger partial charge in [0.15, 0.2) is 9.84 Å². The zero-order chi connectivity index (χ0) is 26.0. The molecule has 5 rings (SSSR count). The molecule has 1 unspecified atom stereocenters. The maximum atomic E-state index is 12.6. The number of benzene rings is 2. The first-order chi connectivity index (χ1) is 17.8. The number of nitrogens with zero attached hydrogens (tertiary/aromatic N) is 4. The fourth-order valence-corrected chi connectivity index (χ4v) is 5.36. The quantitative estimate of drug-likeness (QED) is 0.365. The number of hydrogen-bond donors (Lipinski definition) is 2. The van der Waals surface area contributed by atoms with Gasteiger partial charge in [-0.15, -0.1) is 0 Å². The van der Waals surface area contributed by atoms with Crippen LogP contribution in [0.5, 0.6) is 0 Å². The molecule has 1 aliphatic rings. The van der Waals surface area contributed by atoms with Crippen molar-refractivity contribution in [2.45, 2.75) is 30.7 Å². The number of amides is 1. The normalized spacial score (nSPS) is 16.2. The molecule has 37 heavy (non-hydrogen) atoms. The van der Waals surface area contributed by atoms with Crippen LogP contribution in [0.3, 0.4) is 0 Å². The van der Waals surface area contributed by atoms with Crippen LogP contribution in [0.15, 0.2) is 71.9 Å². The summed E-state index contributed by atoms with van der Waals surface area (Å²) in [4.78, 5) is 24.4. The Labute approximate surface area is 216 Å². The monoisotopic (exact) mass is 518 g/mol. The summed E-state index contributed by atoms with van der Waals surface area (Å²) >= 11 is 0. The van der Waals surface area contributed by atoms with Crippen molar-refractivity contribution in [2.75, 3.05) is 31.2 Å². The Kier molecular flexibility index (Phi) is 6.94. The molecule has 192 valence electrons. The van der Waals surface area contributed by atoms with Gasteiger partial charge in [-0.05, 0) is 80.5 Å². The van der Waals surface area contributed by atoms with Gasteiger partial charge in [0, 0.05) is 53.6 Å². The number of sulfone groups is 1. The molecule has 0 saturated carbocycles. The molecule has 1 atom stereocenters. The van der Waals surface area contributed by atoms with Gasteiger partial charge in [-0.3, -0.25) is 9.69 Å². The van der Waals surface area contributed by atoms with Gasteiger partial charge < -0.3 is 15.2 Å². The summed E-state index contributed by atoms with van der Waals surface area (Å²) in [6, 6.07) is 16.2. The van der Waals surface area contributed by atoms with Crippen molar-refractivity contribution in [3.63, 3.8) is 0 Å². The Morgan fingerprint density at radius 3 is 2.54 bits per heavy atom. The number of likely N-dealkylation sites (N-methyl/N-ethyl adjacent to an activating group) is 1. The summed E-state index contributed by atoms with van der Waals surface area (Å²) in [5, 5.41) is 7.11. The van der Waals surface area contributed by atoms with E-state index in [1.807, 2.05) is 29.0 Å². The summed E-state index contributed by atoms with van der Waals surface area (Å²) in [6.45, 7) is 4.93. The lowest BCUT2D eigenvalue weighted by atomic mass is 10.1. The van der Waals surface area contributed by atoms with E-state index in [9.17, 15) is 13.2 Å². The lowest BCUT2D eigenvalue weighted by molar-refractivity contribution is 0.0941. The highest BCUT2D eigenvalue weighted by atomic mass is 32.2. The molecule has 9 nitrogen and oxygen atoms in total. The minimum atomic E-state index is -3.26. The molecule has 3 heterocycles. The molecule has 0 bridgehead atoms. The molecule has 0 aliphatic carbocycles. The minimum absolute atomic E-state index is 0.0770. The number of carbonyl (C=O) groups excluding carboxylic acids is 1. The second-order valence-electron chi connectivity index (χ2n) is 9.26. The summed E-state index contributed by atoms with van der Waals surface area (Å²) in [5.41, 5.74) is 2.85. The molecule has 1 aliphatic heterocycles. The van der Waals surface area contributed by atoms with E-state index < -0.39 is 9.84 Å². The molecule has 2 aromatic heterocycles. The van der Waals surface area contributed by atoms with Crippen LogP contribution >= 0.6 is 0 Å².